The number of nitrogens with two attached hydrogens (primary N) is 7. The Kier molecular flexibility index (Phi) is 257. The minimum absolute atomic E-state index is 0. The molecule has 21 nitrogen and oxygen atoms in total. The Morgan fingerprint density at radius 3 is 0.311 bits per heavy atom. The number of carbonyl (C=O) groups is 7. The summed E-state index contributed by atoms with van der Waals surface area (Å²) in [6, 6.07) is 0. The summed E-state index contributed by atoms with van der Waals surface area (Å²) in [5.41, 5.74) is 31.6. The maximum absolute atomic E-state index is 9.13. The average Bonchev–Trinajstić information content (AvgIpc) is 2.80. The van der Waals surface area contributed by atoms with Crippen LogP contribution in [0, 0.1) is 0 Å². The van der Waals surface area contributed by atoms with Gasteiger partial charge in [-0.2, -0.15) is 0 Å². The van der Waals surface area contributed by atoms with Gasteiger partial charge in [0.15, 0.2) is 0 Å². The van der Waals surface area contributed by atoms with E-state index in [1.165, 1.54) is 0 Å². The molecule has 0 heterocycles. The van der Waals surface area contributed by atoms with Gasteiger partial charge in [0.05, 0.1) is 41.8 Å². The van der Waals surface area contributed by atoms with Gasteiger partial charge in [-0.05, 0) is 0 Å². The van der Waals surface area contributed by atoms with Gasteiger partial charge in [-0.15, -0.1) is 99.3 Å². The molecule has 0 radical (unpaired) electrons. The fraction of sp³-hybridized carbons (Fsp3) is 0.500. The predicted molar refractivity (Wildman–Crippen MR) is 162 cm³/mol. The fourth-order valence-electron chi connectivity index (χ4n) is 0. The number of hydrogen-bond acceptors (Lipinski definition) is 21. The SMILES string of the molecule is Cl.Cl.Cl.Cl.Cl.Cl.Cl.Cl.NCC(=O)[O-].NCC(=O)[O-].NCC(=O)[O-].NCC(=O)[O-].NCC(=O)[O-].NCC(=O)[O-].NCC(=O)[O-].[Al+3].[Zr+4]. The third-order valence-corrected chi connectivity index (χ3v) is 1.17. The summed E-state index contributed by atoms with van der Waals surface area (Å²) in [5.74, 6) is -8.52. The van der Waals surface area contributed by atoms with Crippen LogP contribution >= 0.6 is 99.3 Å². The van der Waals surface area contributed by atoms with Crippen LogP contribution in [-0.2, 0) is 59.8 Å². The van der Waals surface area contributed by atoms with Crippen molar-refractivity contribution in [3.05, 3.63) is 0 Å². The first-order valence-electron chi connectivity index (χ1n) is 8.19. The zero-order chi connectivity index (χ0) is 30.0. The second-order valence-corrected chi connectivity index (χ2v) is 4.03. The Bertz CT molecular complexity index is 482. The first kappa shape index (κ1) is 111. The summed E-state index contributed by atoms with van der Waals surface area (Å²) in [4.78, 5) is 63.9. The molecular formula is C14H36AlCl8N7O14Zr. The van der Waals surface area contributed by atoms with Crippen molar-refractivity contribution in [2.45, 2.75) is 0 Å². The topological polar surface area (TPSA) is 463 Å². The fourth-order valence-corrected chi connectivity index (χ4v) is 0. The number of carboxylic acids is 7. The number of hydrogen-bond donors (Lipinski definition) is 7. The standard InChI is InChI=1S/7C2H5NO2.Al.8ClH.Zr/c7*3-1-2(4)5;;;;;;;;;;/h7*1,3H2,(H,4,5);;8*1H;/q;;;;;;;+3;;;;;;;;;+4/p-7. The Morgan fingerprint density at radius 1 is 0.289 bits per heavy atom. The Labute approximate surface area is 337 Å². The number of carboxylic acid groups (broad SMARTS) is 7. The van der Waals surface area contributed by atoms with E-state index in [1.807, 2.05) is 0 Å². The normalized spacial score (nSPS) is 5.76. The van der Waals surface area contributed by atoms with Crippen LogP contribution in [0.15, 0.2) is 0 Å². The summed E-state index contributed by atoms with van der Waals surface area (Å²) in [6.45, 7) is -2.72. The zero-order valence-corrected chi connectivity index (χ0v) is 32.7. The van der Waals surface area contributed by atoms with Crippen LogP contribution in [0.25, 0.3) is 0 Å². The Hall–Kier alpha value is -0.254. The maximum atomic E-state index is 9.13. The molecular weight excluding hydrogens is 892 g/mol. The molecule has 14 N–H and O–H groups in total. The van der Waals surface area contributed by atoms with E-state index < -0.39 is 41.8 Å². The van der Waals surface area contributed by atoms with Crippen molar-refractivity contribution in [2.75, 3.05) is 45.8 Å². The average molecular weight is 928 g/mol. The Balaban J connectivity index is -0.0000000131. The molecule has 0 spiro atoms. The van der Waals surface area contributed by atoms with Crippen LogP contribution in [0.2, 0.25) is 0 Å². The molecule has 0 unspecified atom stereocenters. The van der Waals surface area contributed by atoms with Crippen molar-refractivity contribution >= 4 is 158 Å². The molecule has 0 atom stereocenters. The maximum Gasteiger partial charge on any atom is 4.00 e. The molecule has 274 valence electrons. The van der Waals surface area contributed by atoms with E-state index in [1.54, 1.807) is 0 Å². The smallest absolute Gasteiger partial charge is 0.549 e. The molecule has 0 aromatic heterocycles. The number of halogens is 8. The molecule has 0 aliphatic heterocycles. The zero-order valence-electron chi connectivity index (χ0n) is 22.6. The van der Waals surface area contributed by atoms with E-state index >= 15 is 0 Å². The quantitative estimate of drug-likeness (QED) is 0.117. The minimum atomic E-state index is -1.22. The van der Waals surface area contributed by atoms with E-state index in [0.29, 0.717) is 0 Å². The summed E-state index contributed by atoms with van der Waals surface area (Å²) >= 11 is 0. The molecule has 0 amide bonds. The van der Waals surface area contributed by atoms with Gasteiger partial charge in [0, 0.05) is 45.8 Å². The van der Waals surface area contributed by atoms with Gasteiger partial charge >= 0.3 is 43.6 Å². The first-order chi connectivity index (χ1) is 15.9. The van der Waals surface area contributed by atoms with Crippen molar-refractivity contribution in [2.24, 2.45) is 40.1 Å². The van der Waals surface area contributed by atoms with Gasteiger partial charge in [-0.3, -0.25) is 0 Å². The molecule has 0 aliphatic carbocycles. The number of rotatable bonds is 7. The largest absolute Gasteiger partial charge is 4.00 e. The van der Waals surface area contributed by atoms with E-state index in [2.05, 4.69) is 40.1 Å². The van der Waals surface area contributed by atoms with Crippen LogP contribution in [0.5, 0.6) is 0 Å². The number of carbonyl (C=O) groups excluding carboxylic acids is 7. The van der Waals surface area contributed by atoms with E-state index in [0.717, 1.165) is 0 Å². The van der Waals surface area contributed by atoms with Crippen molar-refractivity contribution in [3.63, 3.8) is 0 Å². The van der Waals surface area contributed by atoms with Gasteiger partial charge in [-0.1, -0.05) is 0 Å². The summed E-state index contributed by atoms with van der Waals surface area (Å²) in [5, 5.41) is 63.9. The van der Waals surface area contributed by atoms with Crippen LogP contribution in [0.4, 0.5) is 0 Å². The molecule has 0 saturated carbocycles. The molecule has 0 bridgehead atoms. The van der Waals surface area contributed by atoms with Crippen LogP contribution in [-0.4, -0.2) is 105 Å². The van der Waals surface area contributed by atoms with Gasteiger partial charge < -0.3 is 109 Å². The summed E-state index contributed by atoms with van der Waals surface area (Å²) < 4.78 is 0. The number of aliphatic carboxylic acids is 7. The van der Waals surface area contributed by atoms with Gasteiger partial charge in [0.2, 0.25) is 0 Å². The second kappa shape index (κ2) is 104. The molecule has 45 heavy (non-hydrogen) atoms. The first-order valence-corrected chi connectivity index (χ1v) is 8.19. The molecule has 0 aromatic rings. The van der Waals surface area contributed by atoms with Gasteiger partial charge in [-0.25, -0.2) is 0 Å². The van der Waals surface area contributed by atoms with Gasteiger partial charge in [0.1, 0.15) is 0 Å². The van der Waals surface area contributed by atoms with Crippen LogP contribution in [0.3, 0.4) is 0 Å². The molecule has 0 rings (SSSR count). The van der Waals surface area contributed by atoms with E-state index in [-0.39, 0.29) is 189 Å². The third kappa shape index (κ3) is 403. The van der Waals surface area contributed by atoms with Crippen LogP contribution < -0.4 is 75.9 Å². The Morgan fingerprint density at radius 2 is 0.311 bits per heavy atom. The van der Waals surface area contributed by atoms with Crippen LogP contribution in [0.1, 0.15) is 0 Å². The minimum Gasteiger partial charge on any atom is -0.549 e. The molecule has 0 aliphatic rings. The second-order valence-electron chi connectivity index (χ2n) is 4.03. The third-order valence-electron chi connectivity index (χ3n) is 1.17. The molecule has 0 aromatic carbocycles. The molecule has 0 fully saturated rings. The summed E-state index contributed by atoms with van der Waals surface area (Å²) in [6.07, 6.45) is 0. The van der Waals surface area contributed by atoms with Gasteiger partial charge in [0.25, 0.3) is 0 Å². The van der Waals surface area contributed by atoms with E-state index in [4.69, 9.17) is 69.3 Å². The predicted octanol–water partition coefficient (Wildman–Crippen LogP) is -13.1. The van der Waals surface area contributed by atoms with Crippen molar-refractivity contribution in [1.82, 2.24) is 0 Å². The molecule has 0 saturated heterocycles. The van der Waals surface area contributed by atoms with Crippen molar-refractivity contribution < 1.29 is 95.5 Å². The summed E-state index contributed by atoms with van der Waals surface area (Å²) in [7, 11) is 0. The monoisotopic (exact) mass is 923 g/mol. The van der Waals surface area contributed by atoms with Crippen molar-refractivity contribution in [1.29, 1.82) is 0 Å². The molecule has 31 heteroatoms. The van der Waals surface area contributed by atoms with Crippen molar-refractivity contribution in [3.8, 4) is 0 Å². The van der Waals surface area contributed by atoms with E-state index in [9.17, 15) is 0 Å².